The van der Waals surface area contributed by atoms with Crippen molar-refractivity contribution in [3.8, 4) is 5.75 Å². The van der Waals surface area contributed by atoms with Crippen molar-refractivity contribution in [3.63, 3.8) is 0 Å². The topological polar surface area (TPSA) is 84.9 Å². The van der Waals surface area contributed by atoms with Crippen LogP contribution in [0.15, 0.2) is 54.6 Å². The largest absolute Gasteiger partial charge is 0.497 e. The van der Waals surface area contributed by atoms with Crippen LogP contribution in [0, 0.1) is 0 Å². The van der Waals surface area contributed by atoms with E-state index in [1.807, 2.05) is 0 Å². The quantitative estimate of drug-likeness (QED) is 0.747. The molecule has 6 heteroatoms. The minimum atomic E-state index is -1.36. The van der Waals surface area contributed by atoms with Crippen LogP contribution >= 0.6 is 0 Å². The summed E-state index contributed by atoms with van der Waals surface area (Å²) in [4.78, 5) is 24.3. The third-order valence-electron chi connectivity index (χ3n) is 3.76. The predicted octanol–water partition coefficient (Wildman–Crippen LogP) is 1.63. The molecule has 2 N–H and O–H groups in total. The lowest BCUT2D eigenvalue weighted by Gasteiger charge is -2.19. The Balaban J connectivity index is 2.08. The maximum Gasteiger partial charge on any atom is 0.328 e. The Morgan fingerprint density at radius 2 is 1.68 bits per heavy atom. The third kappa shape index (κ3) is 5.06. The van der Waals surface area contributed by atoms with Crippen molar-refractivity contribution >= 4 is 11.9 Å². The Morgan fingerprint density at radius 3 is 2.24 bits per heavy atom. The Kier molecular flexibility index (Phi) is 6.54. The summed E-state index contributed by atoms with van der Waals surface area (Å²) in [5.74, 6) is -0.540. The molecule has 132 valence electrons. The van der Waals surface area contributed by atoms with Gasteiger partial charge in [0.25, 0.3) is 5.91 Å². The zero-order chi connectivity index (χ0) is 18.2. The summed E-state index contributed by atoms with van der Waals surface area (Å²) in [6.45, 7) is 0. The van der Waals surface area contributed by atoms with Gasteiger partial charge in [-0.3, -0.25) is 4.79 Å². The molecule has 0 saturated carbocycles. The van der Waals surface area contributed by atoms with E-state index in [1.54, 1.807) is 61.7 Å². The van der Waals surface area contributed by atoms with Crippen molar-refractivity contribution in [1.29, 1.82) is 0 Å². The molecule has 2 atom stereocenters. The number of carbonyl (C=O) groups is 2. The Hall–Kier alpha value is -2.86. The van der Waals surface area contributed by atoms with Crippen LogP contribution in [-0.2, 0) is 20.7 Å². The van der Waals surface area contributed by atoms with Crippen molar-refractivity contribution in [1.82, 2.24) is 5.32 Å². The van der Waals surface area contributed by atoms with Crippen LogP contribution in [-0.4, -0.2) is 37.2 Å². The van der Waals surface area contributed by atoms with E-state index in [9.17, 15) is 14.7 Å². The number of esters is 1. The number of nitrogens with one attached hydrogen (secondary N) is 1. The first kappa shape index (κ1) is 18.5. The summed E-state index contributed by atoms with van der Waals surface area (Å²) in [7, 11) is 2.82. The maximum absolute atomic E-state index is 12.3. The van der Waals surface area contributed by atoms with Gasteiger partial charge >= 0.3 is 5.97 Å². The SMILES string of the molecule is COC(=O)[C@H](Cc1ccc(OC)cc1)NC(=O)[C@@H](O)c1ccccc1. The van der Waals surface area contributed by atoms with Crippen molar-refractivity contribution in [2.24, 2.45) is 0 Å². The molecule has 0 fully saturated rings. The first-order valence-corrected chi connectivity index (χ1v) is 7.79. The lowest BCUT2D eigenvalue weighted by atomic mass is 10.0. The van der Waals surface area contributed by atoms with Crippen LogP contribution in [0.4, 0.5) is 0 Å². The zero-order valence-corrected chi connectivity index (χ0v) is 14.1. The molecule has 1 amide bonds. The van der Waals surface area contributed by atoms with E-state index in [4.69, 9.17) is 9.47 Å². The molecule has 2 aromatic rings. The highest BCUT2D eigenvalue weighted by Gasteiger charge is 2.26. The molecule has 25 heavy (non-hydrogen) atoms. The van der Waals surface area contributed by atoms with E-state index in [0.717, 1.165) is 5.56 Å². The minimum Gasteiger partial charge on any atom is -0.497 e. The zero-order valence-electron chi connectivity index (χ0n) is 14.1. The monoisotopic (exact) mass is 343 g/mol. The van der Waals surface area contributed by atoms with E-state index in [0.29, 0.717) is 11.3 Å². The first-order chi connectivity index (χ1) is 12.0. The van der Waals surface area contributed by atoms with Gasteiger partial charge in [-0.05, 0) is 23.3 Å². The van der Waals surface area contributed by atoms with Crippen LogP contribution < -0.4 is 10.1 Å². The molecule has 0 saturated heterocycles. The summed E-state index contributed by atoms with van der Waals surface area (Å²) in [6.07, 6.45) is -1.12. The van der Waals surface area contributed by atoms with Gasteiger partial charge in [0.15, 0.2) is 6.10 Å². The molecular formula is C19H21NO5. The summed E-state index contributed by atoms with van der Waals surface area (Å²) in [6, 6.07) is 14.8. The van der Waals surface area contributed by atoms with E-state index in [1.165, 1.54) is 7.11 Å². The fourth-order valence-corrected chi connectivity index (χ4v) is 2.37. The number of hydrogen-bond acceptors (Lipinski definition) is 5. The maximum atomic E-state index is 12.3. The van der Waals surface area contributed by atoms with Crippen LogP contribution in [0.3, 0.4) is 0 Å². The second-order valence-corrected chi connectivity index (χ2v) is 5.45. The van der Waals surface area contributed by atoms with E-state index >= 15 is 0 Å². The molecule has 0 aliphatic carbocycles. The van der Waals surface area contributed by atoms with Gasteiger partial charge in [-0.2, -0.15) is 0 Å². The van der Waals surface area contributed by atoms with Gasteiger partial charge in [-0.25, -0.2) is 4.79 Å². The number of hydrogen-bond donors (Lipinski definition) is 2. The molecule has 0 heterocycles. The van der Waals surface area contributed by atoms with Gasteiger partial charge in [0.05, 0.1) is 14.2 Å². The summed E-state index contributed by atoms with van der Waals surface area (Å²) >= 11 is 0. The molecule has 0 aliphatic heterocycles. The minimum absolute atomic E-state index is 0.240. The molecule has 2 rings (SSSR count). The van der Waals surface area contributed by atoms with Gasteiger partial charge in [-0.1, -0.05) is 42.5 Å². The number of aliphatic hydroxyl groups is 1. The summed E-state index contributed by atoms with van der Waals surface area (Å²) in [5.41, 5.74) is 1.28. The summed E-state index contributed by atoms with van der Waals surface area (Å²) in [5, 5.41) is 12.7. The summed E-state index contributed by atoms with van der Waals surface area (Å²) < 4.78 is 9.85. The normalized spacial score (nSPS) is 12.8. The molecule has 6 nitrogen and oxygen atoms in total. The van der Waals surface area contributed by atoms with Crippen LogP contribution in [0.1, 0.15) is 17.2 Å². The Bertz CT molecular complexity index is 700. The number of carbonyl (C=O) groups excluding carboxylic acids is 2. The van der Waals surface area contributed by atoms with Crippen LogP contribution in [0.2, 0.25) is 0 Å². The fraction of sp³-hybridized carbons (Fsp3) is 0.263. The molecule has 2 aromatic carbocycles. The number of amides is 1. The Morgan fingerprint density at radius 1 is 1.04 bits per heavy atom. The number of aliphatic hydroxyl groups excluding tert-OH is 1. The molecule has 0 aliphatic rings. The van der Waals surface area contributed by atoms with Crippen LogP contribution in [0.5, 0.6) is 5.75 Å². The average Bonchev–Trinajstić information content (AvgIpc) is 2.67. The number of benzene rings is 2. The molecule has 0 unspecified atom stereocenters. The fourth-order valence-electron chi connectivity index (χ4n) is 2.37. The molecular weight excluding hydrogens is 322 g/mol. The molecule has 0 bridgehead atoms. The van der Waals surface area contributed by atoms with Gasteiger partial charge in [0, 0.05) is 6.42 Å². The first-order valence-electron chi connectivity index (χ1n) is 7.79. The van der Waals surface area contributed by atoms with E-state index in [-0.39, 0.29) is 6.42 Å². The Labute approximate surface area is 146 Å². The molecule has 0 aromatic heterocycles. The average molecular weight is 343 g/mol. The smallest absolute Gasteiger partial charge is 0.328 e. The second kappa shape index (κ2) is 8.84. The molecule has 0 spiro atoms. The molecule has 0 radical (unpaired) electrons. The highest BCUT2D eigenvalue weighted by atomic mass is 16.5. The highest BCUT2D eigenvalue weighted by molar-refractivity contribution is 5.87. The number of rotatable bonds is 7. The van der Waals surface area contributed by atoms with Gasteiger partial charge in [0.2, 0.25) is 0 Å². The van der Waals surface area contributed by atoms with E-state index in [2.05, 4.69) is 5.32 Å². The number of ether oxygens (including phenoxy) is 2. The van der Waals surface area contributed by atoms with E-state index < -0.39 is 24.0 Å². The third-order valence-corrected chi connectivity index (χ3v) is 3.76. The highest BCUT2D eigenvalue weighted by Crippen LogP contribution is 2.15. The van der Waals surface area contributed by atoms with Gasteiger partial charge in [-0.15, -0.1) is 0 Å². The van der Waals surface area contributed by atoms with Crippen molar-refractivity contribution in [3.05, 3.63) is 65.7 Å². The van der Waals surface area contributed by atoms with Crippen molar-refractivity contribution < 1.29 is 24.2 Å². The van der Waals surface area contributed by atoms with Gasteiger partial charge in [0.1, 0.15) is 11.8 Å². The number of methoxy groups -OCH3 is 2. The predicted molar refractivity (Wildman–Crippen MR) is 92.0 cm³/mol. The lowest BCUT2D eigenvalue weighted by Crippen LogP contribution is -2.45. The van der Waals surface area contributed by atoms with Crippen molar-refractivity contribution in [2.75, 3.05) is 14.2 Å². The van der Waals surface area contributed by atoms with Crippen LogP contribution in [0.25, 0.3) is 0 Å². The second-order valence-electron chi connectivity index (χ2n) is 5.45. The standard InChI is InChI=1S/C19H21NO5/c1-24-15-10-8-13(9-11-15)12-16(19(23)25-2)20-18(22)17(21)14-6-4-3-5-7-14/h3-11,16-17,21H,12H2,1-2H3,(H,20,22)/t16-,17-/m0/s1. The van der Waals surface area contributed by atoms with Gasteiger partial charge < -0.3 is 19.9 Å². The van der Waals surface area contributed by atoms with Crippen molar-refractivity contribution in [2.45, 2.75) is 18.6 Å². The lowest BCUT2D eigenvalue weighted by molar-refractivity contribution is -0.146.